The molecule has 0 N–H and O–H groups in total. The first-order valence-electron chi connectivity index (χ1n) is 10.8. The van der Waals surface area contributed by atoms with Crippen molar-refractivity contribution in [3.8, 4) is 5.88 Å². The van der Waals surface area contributed by atoms with Gasteiger partial charge in [-0.05, 0) is 42.3 Å². The maximum atomic E-state index is 12.7. The Balaban J connectivity index is 1.40. The van der Waals surface area contributed by atoms with Crippen molar-refractivity contribution in [2.45, 2.75) is 19.4 Å². The van der Waals surface area contributed by atoms with Crippen LogP contribution in [0, 0.1) is 0 Å². The second kappa shape index (κ2) is 9.68. The van der Waals surface area contributed by atoms with Crippen molar-refractivity contribution < 1.29 is 19.1 Å². The number of rotatable bonds is 7. The SMILES string of the molecule is CCc1ccc(N2C[C@@H](CN(C)C(=O)/C=C/c3ccnc4ccc(OC)nc34)OC2=O)cc1. The van der Waals surface area contributed by atoms with E-state index in [0.29, 0.717) is 30.0 Å². The molecule has 2 aromatic heterocycles. The lowest BCUT2D eigenvalue weighted by atomic mass is 10.1. The lowest BCUT2D eigenvalue weighted by Crippen LogP contribution is -2.35. The Labute approximate surface area is 192 Å². The van der Waals surface area contributed by atoms with Gasteiger partial charge in [-0.2, -0.15) is 0 Å². The molecule has 1 atom stereocenters. The molecule has 0 aliphatic carbocycles. The standard InChI is InChI=1S/C25H26N4O4/c1-4-17-5-8-19(9-6-17)29-16-20(33-25(29)31)15-28(2)23(30)12-7-18-13-14-26-21-10-11-22(32-3)27-24(18)21/h5-14,20H,4,15-16H2,1-3H3/b12-7+/t20-/m1/s1. The molecule has 8 nitrogen and oxygen atoms in total. The van der Waals surface area contributed by atoms with Crippen LogP contribution in [0.4, 0.5) is 10.5 Å². The highest BCUT2D eigenvalue weighted by atomic mass is 16.6. The van der Waals surface area contributed by atoms with Crippen LogP contribution < -0.4 is 9.64 Å². The Bertz CT molecular complexity index is 1190. The number of methoxy groups -OCH3 is 1. The van der Waals surface area contributed by atoms with E-state index in [1.807, 2.05) is 30.3 Å². The second-order valence-electron chi connectivity index (χ2n) is 7.81. The Morgan fingerprint density at radius 3 is 2.76 bits per heavy atom. The van der Waals surface area contributed by atoms with Crippen LogP contribution in [0.25, 0.3) is 17.1 Å². The normalized spacial score (nSPS) is 15.8. The number of nitrogens with zero attached hydrogens (tertiary/aromatic N) is 4. The molecule has 2 amide bonds. The number of aromatic nitrogens is 2. The minimum Gasteiger partial charge on any atom is -0.481 e. The van der Waals surface area contributed by atoms with Crippen molar-refractivity contribution in [3.05, 3.63) is 65.9 Å². The van der Waals surface area contributed by atoms with E-state index in [9.17, 15) is 9.59 Å². The monoisotopic (exact) mass is 446 g/mol. The molecule has 170 valence electrons. The van der Waals surface area contributed by atoms with Crippen molar-refractivity contribution in [1.82, 2.24) is 14.9 Å². The number of aryl methyl sites for hydroxylation is 1. The molecule has 4 rings (SSSR count). The van der Waals surface area contributed by atoms with Gasteiger partial charge in [0, 0.05) is 36.6 Å². The number of cyclic esters (lactones) is 1. The second-order valence-corrected chi connectivity index (χ2v) is 7.81. The van der Waals surface area contributed by atoms with E-state index in [1.54, 1.807) is 43.5 Å². The summed E-state index contributed by atoms with van der Waals surface area (Å²) in [5.74, 6) is 0.273. The summed E-state index contributed by atoms with van der Waals surface area (Å²) in [6, 6.07) is 13.2. The van der Waals surface area contributed by atoms with Gasteiger partial charge in [0.25, 0.3) is 0 Å². The predicted octanol–water partition coefficient (Wildman–Crippen LogP) is 3.70. The number of ether oxygens (including phenoxy) is 2. The molecule has 1 fully saturated rings. The lowest BCUT2D eigenvalue weighted by molar-refractivity contribution is -0.125. The summed E-state index contributed by atoms with van der Waals surface area (Å²) in [6.45, 7) is 2.77. The summed E-state index contributed by atoms with van der Waals surface area (Å²) in [4.78, 5) is 36.9. The molecule has 1 saturated heterocycles. The Morgan fingerprint density at radius 2 is 2.03 bits per heavy atom. The van der Waals surface area contributed by atoms with Gasteiger partial charge in [-0.15, -0.1) is 0 Å². The van der Waals surface area contributed by atoms with Crippen LogP contribution in [0.1, 0.15) is 18.1 Å². The van der Waals surface area contributed by atoms with E-state index in [-0.39, 0.29) is 5.91 Å². The molecule has 33 heavy (non-hydrogen) atoms. The fraction of sp³-hybridized carbons (Fsp3) is 0.280. The summed E-state index contributed by atoms with van der Waals surface area (Å²) in [5, 5.41) is 0. The Morgan fingerprint density at radius 1 is 1.24 bits per heavy atom. The zero-order valence-corrected chi connectivity index (χ0v) is 18.9. The number of amides is 2. The summed E-state index contributed by atoms with van der Waals surface area (Å²) in [6.07, 6.45) is 4.99. The van der Waals surface area contributed by atoms with E-state index >= 15 is 0 Å². The molecular formula is C25H26N4O4. The number of carbonyl (C=O) groups excluding carboxylic acids is 2. The molecule has 0 bridgehead atoms. The average molecular weight is 447 g/mol. The van der Waals surface area contributed by atoms with Gasteiger partial charge in [-0.3, -0.25) is 14.7 Å². The zero-order valence-electron chi connectivity index (χ0n) is 18.9. The van der Waals surface area contributed by atoms with Crippen LogP contribution in [0.5, 0.6) is 5.88 Å². The van der Waals surface area contributed by atoms with E-state index in [0.717, 1.165) is 17.7 Å². The van der Waals surface area contributed by atoms with Gasteiger partial charge >= 0.3 is 6.09 Å². The number of benzene rings is 1. The number of likely N-dealkylation sites (N-methyl/N-ethyl adjacent to an activating group) is 1. The number of hydrogen-bond acceptors (Lipinski definition) is 6. The molecule has 3 aromatic rings. The lowest BCUT2D eigenvalue weighted by Gasteiger charge is -2.18. The van der Waals surface area contributed by atoms with E-state index < -0.39 is 12.2 Å². The minimum atomic E-state index is -0.404. The molecule has 3 heterocycles. The quantitative estimate of drug-likeness (QED) is 0.515. The number of fused-ring (bicyclic) bond motifs is 1. The number of anilines is 1. The van der Waals surface area contributed by atoms with Gasteiger partial charge in [0.05, 0.1) is 31.2 Å². The molecule has 0 radical (unpaired) electrons. The highest BCUT2D eigenvalue weighted by Crippen LogP contribution is 2.23. The number of hydrogen-bond donors (Lipinski definition) is 0. The van der Waals surface area contributed by atoms with Gasteiger partial charge in [0.2, 0.25) is 11.8 Å². The van der Waals surface area contributed by atoms with Crippen LogP contribution >= 0.6 is 0 Å². The summed E-state index contributed by atoms with van der Waals surface area (Å²) >= 11 is 0. The first-order chi connectivity index (χ1) is 16.0. The largest absolute Gasteiger partial charge is 0.481 e. The third-order valence-corrected chi connectivity index (χ3v) is 5.59. The number of pyridine rings is 2. The van der Waals surface area contributed by atoms with Crippen LogP contribution in [-0.4, -0.2) is 60.2 Å². The smallest absolute Gasteiger partial charge is 0.414 e. The third kappa shape index (κ3) is 4.95. The van der Waals surface area contributed by atoms with Crippen LogP contribution in [0.15, 0.2) is 54.7 Å². The van der Waals surface area contributed by atoms with Crippen LogP contribution in [0.3, 0.4) is 0 Å². The summed E-state index contributed by atoms with van der Waals surface area (Å²) in [7, 11) is 3.24. The summed E-state index contributed by atoms with van der Waals surface area (Å²) < 4.78 is 10.7. The first kappa shape index (κ1) is 22.3. The molecule has 8 heteroatoms. The van der Waals surface area contributed by atoms with Gasteiger partial charge in [-0.1, -0.05) is 19.1 Å². The van der Waals surface area contributed by atoms with Crippen molar-refractivity contribution in [1.29, 1.82) is 0 Å². The van der Waals surface area contributed by atoms with Gasteiger partial charge in [-0.25, -0.2) is 9.78 Å². The van der Waals surface area contributed by atoms with Crippen LogP contribution in [0.2, 0.25) is 0 Å². The topological polar surface area (TPSA) is 84.9 Å². The molecule has 0 spiro atoms. The van der Waals surface area contributed by atoms with Gasteiger partial charge in [0.1, 0.15) is 6.10 Å². The molecule has 1 aromatic carbocycles. The third-order valence-electron chi connectivity index (χ3n) is 5.59. The van der Waals surface area contributed by atoms with Gasteiger partial charge < -0.3 is 14.4 Å². The van der Waals surface area contributed by atoms with E-state index in [4.69, 9.17) is 9.47 Å². The molecule has 1 aliphatic rings. The van der Waals surface area contributed by atoms with Crippen molar-refractivity contribution >= 4 is 34.8 Å². The Hall–Kier alpha value is -3.94. The molecule has 1 aliphatic heterocycles. The number of carbonyl (C=O) groups is 2. The molecular weight excluding hydrogens is 420 g/mol. The zero-order chi connectivity index (χ0) is 23.4. The Kier molecular flexibility index (Phi) is 6.53. The maximum absolute atomic E-state index is 12.7. The summed E-state index contributed by atoms with van der Waals surface area (Å²) in [5.41, 5.74) is 4.12. The first-order valence-corrected chi connectivity index (χ1v) is 10.8. The minimum absolute atomic E-state index is 0.204. The molecule has 0 unspecified atom stereocenters. The van der Waals surface area contributed by atoms with Crippen molar-refractivity contribution in [2.24, 2.45) is 0 Å². The fourth-order valence-electron chi connectivity index (χ4n) is 3.70. The van der Waals surface area contributed by atoms with Crippen molar-refractivity contribution in [3.63, 3.8) is 0 Å². The van der Waals surface area contributed by atoms with Crippen molar-refractivity contribution in [2.75, 3.05) is 32.1 Å². The van der Waals surface area contributed by atoms with E-state index in [1.165, 1.54) is 16.5 Å². The fourth-order valence-corrected chi connectivity index (χ4v) is 3.70. The van der Waals surface area contributed by atoms with Gasteiger partial charge in [0.15, 0.2) is 0 Å². The van der Waals surface area contributed by atoms with E-state index in [2.05, 4.69) is 16.9 Å². The maximum Gasteiger partial charge on any atom is 0.414 e. The molecule has 0 saturated carbocycles. The average Bonchev–Trinajstić information content (AvgIpc) is 3.21. The predicted molar refractivity (Wildman–Crippen MR) is 126 cm³/mol. The van der Waals surface area contributed by atoms with Crippen LogP contribution in [-0.2, 0) is 16.0 Å². The highest BCUT2D eigenvalue weighted by Gasteiger charge is 2.33. The highest BCUT2D eigenvalue weighted by molar-refractivity contribution is 5.95.